The van der Waals surface area contributed by atoms with Crippen molar-refractivity contribution in [2.75, 3.05) is 6.61 Å². The molecule has 2 saturated heterocycles. The van der Waals surface area contributed by atoms with Crippen LogP contribution in [0.5, 0.6) is 0 Å². The summed E-state index contributed by atoms with van der Waals surface area (Å²) in [6.07, 6.45) is -1.08. The van der Waals surface area contributed by atoms with Crippen molar-refractivity contribution in [1.29, 1.82) is 0 Å². The number of hydrogen-bond acceptors (Lipinski definition) is 5. The van der Waals surface area contributed by atoms with E-state index in [2.05, 4.69) is 18.8 Å². The lowest BCUT2D eigenvalue weighted by Gasteiger charge is -2.21. The van der Waals surface area contributed by atoms with E-state index < -0.39 is 18.2 Å². The molecule has 2 aromatic carbocycles. The third-order valence-electron chi connectivity index (χ3n) is 5.22. The van der Waals surface area contributed by atoms with Crippen LogP contribution in [0, 0.1) is 24.7 Å². The maximum atomic E-state index is 12.1. The first-order valence-corrected chi connectivity index (χ1v) is 9.47. The number of aliphatic hydroxyl groups is 1. The minimum atomic E-state index is -0.661. The Morgan fingerprint density at radius 3 is 2.32 bits per heavy atom. The van der Waals surface area contributed by atoms with E-state index in [0.717, 1.165) is 16.7 Å². The average Bonchev–Trinajstić information content (AvgIpc) is 3.24. The Hall–Kier alpha value is -2.65. The Morgan fingerprint density at radius 2 is 1.71 bits per heavy atom. The van der Waals surface area contributed by atoms with Crippen molar-refractivity contribution in [2.24, 2.45) is 5.92 Å². The van der Waals surface area contributed by atoms with Gasteiger partial charge in [0, 0.05) is 11.1 Å². The van der Waals surface area contributed by atoms with Gasteiger partial charge in [-0.3, -0.25) is 9.63 Å². The quantitative estimate of drug-likeness (QED) is 0.658. The summed E-state index contributed by atoms with van der Waals surface area (Å²) >= 11 is 0. The molecule has 5 nitrogen and oxygen atoms in total. The zero-order chi connectivity index (χ0) is 19.7. The topological polar surface area (TPSA) is 59.0 Å². The van der Waals surface area contributed by atoms with Crippen molar-refractivity contribution >= 4 is 5.97 Å². The van der Waals surface area contributed by atoms with Gasteiger partial charge < -0.3 is 9.84 Å². The molecule has 4 rings (SSSR count). The Bertz CT molecular complexity index is 908. The maximum absolute atomic E-state index is 12.1. The first-order valence-electron chi connectivity index (χ1n) is 9.47. The predicted octanol–water partition coefficient (Wildman–Crippen LogP) is 2.43. The summed E-state index contributed by atoms with van der Waals surface area (Å²) in [5.74, 6) is 5.91. The van der Waals surface area contributed by atoms with Crippen LogP contribution in [0.25, 0.3) is 0 Å². The van der Waals surface area contributed by atoms with Crippen LogP contribution >= 0.6 is 0 Å². The van der Waals surface area contributed by atoms with Crippen LogP contribution < -0.4 is 0 Å². The van der Waals surface area contributed by atoms with Crippen molar-refractivity contribution in [3.05, 3.63) is 70.8 Å². The highest BCUT2D eigenvalue weighted by Crippen LogP contribution is 2.36. The molecule has 0 amide bonds. The summed E-state index contributed by atoms with van der Waals surface area (Å²) in [4.78, 5) is 17.9. The number of cyclic esters (lactones) is 1. The van der Waals surface area contributed by atoms with Crippen LogP contribution in [-0.4, -0.2) is 41.0 Å². The van der Waals surface area contributed by atoms with E-state index in [0.29, 0.717) is 13.2 Å². The fourth-order valence-electron chi connectivity index (χ4n) is 3.67. The van der Waals surface area contributed by atoms with Crippen LogP contribution in [0.1, 0.15) is 29.2 Å². The lowest BCUT2D eigenvalue weighted by molar-refractivity contribution is -0.202. The van der Waals surface area contributed by atoms with E-state index in [1.165, 1.54) is 5.56 Å². The predicted molar refractivity (Wildman–Crippen MR) is 104 cm³/mol. The maximum Gasteiger partial charge on any atom is 0.326 e. The van der Waals surface area contributed by atoms with E-state index >= 15 is 0 Å². The molecule has 0 radical (unpaired) electrons. The molecular weight excluding hydrogens is 354 g/mol. The molecule has 0 aromatic heterocycles. The second-order valence-electron chi connectivity index (χ2n) is 7.44. The molecule has 0 spiro atoms. The molecule has 2 aliphatic rings. The number of carbonyl (C=O) groups excluding carboxylic acids is 1. The second kappa shape index (κ2) is 7.76. The van der Waals surface area contributed by atoms with Gasteiger partial charge in [-0.05, 0) is 43.7 Å². The SMILES string of the molecule is Cc1ccc(C#Cc2ccc(CN3O[C@@H]([C@H](C)O)[C@H]4COC(=O)[C@H]43)cc2)cc1. The van der Waals surface area contributed by atoms with E-state index in [4.69, 9.17) is 9.57 Å². The third kappa shape index (κ3) is 3.81. The molecule has 0 bridgehead atoms. The molecule has 0 aliphatic carbocycles. The van der Waals surface area contributed by atoms with Crippen LogP contribution in [0.3, 0.4) is 0 Å². The molecule has 2 aliphatic heterocycles. The molecule has 1 N–H and O–H groups in total. The summed E-state index contributed by atoms with van der Waals surface area (Å²) in [5, 5.41) is 11.6. The van der Waals surface area contributed by atoms with Gasteiger partial charge in [0.2, 0.25) is 0 Å². The number of rotatable bonds is 3. The number of ether oxygens (including phenoxy) is 1. The lowest BCUT2D eigenvalue weighted by Crippen LogP contribution is -2.35. The van der Waals surface area contributed by atoms with Gasteiger partial charge in [-0.15, -0.1) is 0 Å². The number of hydrogen-bond donors (Lipinski definition) is 1. The number of aryl methyl sites for hydroxylation is 1. The normalized spacial score (nSPS) is 25.0. The van der Waals surface area contributed by atoms with Gasteiger partial charge in [-0.2, -0.15) is 5.06 Å². The Morgan fingerprint density at radius 1 is 1.11 bits per heavy atom. The summed E-state index contributed by atoms with van der Waals surface area (Å²) in [7, 11) is 0. The van der Waals surface area contributed by atoms with Crippen LogP contribution in [-0.2, 0) is 20.9 Å². The summed E-state index contributed by atoms with van der Waals surface area (Å²) < 4.78 is 5.18. The molecule has 2 heterocycles. The van der Waals surface area contributed by atoms with E-state index in [1.807, 2.05) is 48.5 Å². The van der Waals surface area contributed by atoms with Gasteiger partial charge in [-0.1, -0.05) is 41.7 Å². The monoisotopic (exact) mass is 377 g/mol. The van der Waals surface area contributed by atoms with E-state index in [9.17, 15) is 9.90 Å². The van der Waals surface area contributed by atoms with Crippen molar-refractivity contribution in [2.45, 2.75) is 38.6 Å². The second-order valence-corrected chi connectivity index (χ2v) is 7.44. The van der Waals surface area contributed by atoms with Crippen molar-refractivity contribution in [3.63, 3.8) is 0 Å². The fraction of sp³-hybridized carbons (Fsp3) is 0.348. The van der Waals surface area contributed by atoms with Crippen molar-refractivity contribution < 1.29 is 19.5 Å². The van der Waals surface area contributed by atoms with Gasteiger partial charge in [0.25, 0.3) is 0 Å². The molecule has 0 saturated carbocycles. The van der Waals surface area contributed by atoms with Gasteiger partial charge in [0.15, 0.2) is 0 Å². The molecule has 2 fully saturated rings. The molecular formula is C23H23NO4. The summed E-state index contributed by atoms with van der Waals surface area (Å²) in [6, 6.07) is 15.5. The van der Waals surface area contributed by atoms with Crippen LogP contribution in [0.15, 0.2) is 48.5 Å². The number of nitrogens with zero attached hydrogens (tertiary/aromatic N) is 1. The minimum absolute atomic E-state index is 0.132. The number of carbonyl (C=O) groups is 1. The number of esters is 1. The zero-order valence-corrected chi connectivity index (χ0v) is 16.0. The van der Waals surface area contributed by atoms with Gasteiger partial charge in [0.1, 0.15) is 12.1 Å². The Kier molecular flexibility index (Phi) is 5.19. The average molecular weight is 377 g/mol. The van der Waals surface area contributed by atoms with Crippen LogP contribution in [0.2, 0.25) is 0 Å². The smallest absolute Gasteiger partial charge is 0.326 e. The molecule has 0 unspecified atom stereocenters. The first kappa shape index (κ1) is 18.7. The third-order valence-corrected chi connectivity index (χ3v) is 5.22. The van der Waals surface area contributed by atoms with E-state index in [1.54, 1.807) is 12.0 Å². The van der Waals surface area contributed by atoms with E-state index in [-0.39, 0.29) is 11.9 Å². The highest BCUT2D eigenvalue weighted by atomic mass is 16.7. The number of aliphatic hydroxyl groups excluding tert-OH is 1. The fourth-order valence-corrected chi connectivity index (χ4v) is 3.67. The minimum Gasteiger partial charge on any atom is -0.464 e. The summed E-state index contributed by atoms with van der Waals surface area (Å²) in [6.45, 7) is 4.47. The van der Waals surface area contributed by atoms with Gasteiger partial charge in [-0.25, -0.2) is 0 Å². The van der Waals surface area contributed by atoms with Crippen molar-refractivity contribution in [1.82, 2.24) is 5.06 Å². The van der Waals surface area contributed by atoms with Gasteiger partial charge >= 0.3 is 5.97 Å². The first-order chi connectivity index (χ1) is 13.5. The number of fused-ring (bicyclic) bond motifs is 1. The molecule has 4 atom stereocenters. The highest BCUT2D eigenvalue weighted by Gasteiger charge is 2.54. The standard InChI is InChI=1S/C23H23NO4/c1-15-3-5-17(6-4-15)7-8-18-9-11-19(12-10-18)13-24-21-20(14-27-23(21)26)22(28-24)16(2)25/h3-6,9-12,16,20-22,25H,13-14H2,1-2H3/t16-,20-,21-,22-/m0/s1. The number of hydroxylamine groups is 2. The Labute approximate surface area is 164 Å². The highest BCUT2D eigenvalue weighted by molar-refractivity contribution is 5.78. The van der Waals surface area contributed by atoms with Gasteiger partial charge in [0.05, 0.1) is 25.2 Å². The molecule has 5 heteroatoms. The largest absolute Gasteiger partial charge is 0.464 e. The zero-order valence-electron chi connectivity index (χ0n) is 16.0. The lowest BCUT2D eigenvalue weighted by atomic mass is 9.95. The van der Waals surface area contributed by atoms with Crippen LogP contribution in [0.4, 0.5) is 0 Å². The number of benzene rings is 2. The molecule has 28 heavy (non-hydrogen) atoms. The van der Waals surface area contributed by atoms with Crippen molar-refractivity contribution in [3.8, 4) is 11.8 Å². The Balaban J connectivity index is 1.45. The molecule has 144 valence electrons. The summed E-state index contributed by atoms with van der Waals surface area (Å²) in [5.41, 5.74) is 4.12. The molecule has 2 aromatic rings.